The van der Waals surface area contributed by atoms with Crippen LogP contribution in [0, 0.1) is 5.92 Å². The Balaban J connectivity index is 1.70. The van der Waals surface area contributed by atoms with Crippen LogP contribution in [0.3, 0.4) is 0 Å². The number of nitrogens with two attached hydrogens (primary N) is 1. The number of nitrogens with one attached hydrogen (secondary N) is 1. The molecule has 3 N–H and O–H groups in total. The normalized spacial score (nSPS) is 19.9. The molecule has 1 fully saturated rings. The fourth-order valence-corrected chi connectivity index (χ4v) is 3.85. The Morgan fingerprint density at radius 2 is 1.71 bits per heavy atom. The zero-order valence-corrected chi connectivity index (χ0v) is 19.3. The zero-order chi connectivity index (χ0) is 25.2. The Morgan fingerprint density at radius 3 is 2.24 bits per heavy atom. The summed E-state index contributed by atoms with van der Waals surface area (Å²) in [6.45, 7) is 4.42. The topological polar surface area (TPSA) is 156 Å². The summed E-state index contributed by atoms with van der Waals surface area (Å²) in [4.78, 5) is 77.3. The minimum Gasteiger partial charge on any atom is -0.442 e. The van der Waals surface area contributed by atoms with Crippen LogP contribution in [0.15, 0.2) is 24.3 Å². The van der Waals surface area contributed by atoms with E-state index in [4.69, 9.17) is 10.5 Å². The lowest BCUT2D eigenvalue weighted by atomic mass is 10.0. The van der Waals surface area contributed by atoms with Crippen molar-refractivity contribution in [1.29, 1.82) is 0 Å². The van der Waals surface area contributed by atoms with Crippen molar-refractivity contribution in [3.05, 3.63) is 35.4 Å². The van der Waals surface area contributed by atoms with Gasteiger partial charge in [0, 0.05) is 6.42 Å². The maximum Gasteiger partial charge on any atom is 0.330 e. The molecule has 0 bridgehead atoms. The highest BCUT2D eigenvalue weighted by molar-refractivity contribution is 6.23. The van der Waals surface area contributed by atoms with Gasteiger partial charge >= 0.3 is 5.97 Å². The van der Waals surface area contributed by atoms with Crippen molar-refractivity contribution in [1.82, 2.24) is 15.1 Å². The number of likely N-dealkylation sites (tertiary alicyclic amines) is 1. The predicted octanol–water partition coefficient (Wildman–Crippen LogP) is 0.179. The van der Waals surface area contributed by atoms with Gasteiger partial charge in [-0.15, -0.1) is 0 Å². The molecule has 0 spiro atoms. The summed E-state index contributed by atoms with van der Waals surface area (Å²) < 4.78 is 5.19. The van der Waals surface area contributed by atoms with Crippen molar-refractivity contribution in [3.8, 4) is 0 Å². The number of esters is 1. The van der Waals surface area contributed by atoms with Gasteiger partial charge in [-0.2, -0.15) is 0 Å². The standard InChI is InChI=1S/C23H28N4O7/c1-4-15(24)19(29)25-18(12(2)3)23(33)34-11-26-17(28)10-9-16(22(26)32)27-20(30)13-7-5-6-8-14(13)21(27)31/h5-8,12,15-16,18H,4,9-11,24H2,1-3H3,(H,25,29)/t15?,16-,18-/m0/s1. The van der Waals surface area contributed by atoms with Gasteiger partial charge in [-0.3, -0.25) is 28.9 Å². The number of hydrogen-bond acceptors (Lipinski definition) is 8. The van der Waals surface area contributed by atoms with Crippen LogP contribution in [0.1, 0.15) is 60.7 Å². The summed E-state index contributed by atoms with van der Waals surface area (Å²) in [6, 6.07) is 3.21. The Labute approximate surface area is 196 Å². The number of fused-ring (bicyclic) bond motifs is 1. The van der Waals surface area contributed by atoms with Crippen LogP contribution in [-0.2, 0) is 23.9 Å². The quantitative estimate of drug-likeness (QED) is 0.401. The molecule has 1 unspecified atom stereocenters. The summed E-state index contributed by atoms with van der Waals surface area (Å²) in [7, 11) is 0. The number of carbonyl (C=O) groups is 6. The number of nitrogens with zero attached hydrogens (tertiary/aromatic N) is 2. The van der Waals surface area contributed by atoms with E-state index in [1.165, 1.54) is 12.1 Å². The highest BCUT2D eigenvalue weighted by atomic mass is 16.5. The predicted molar refractivity (Wildman–Crippen MR) is 118 cm³/mol. The molecule has 3 atom stereocenters. The molecule has 0 aliphatic carbocycles. The molecule has 182 valence electrons. The van der Waals surface area contributed by atoms with Gasteiger partial charge in [0.1, 0.15) is 12.1 Å². The van der Waals surface area contributed by atoms with Crippen molar-refractivity contribution in [2.45, 2.75) is 58.2 Å². The molecule has 1 aromatic rings. The molecule has 1 aromatic carbocycles. The first-order valence-corrected chi connectivity index (χ1v) is 11.1. The number of rotatable bonds is 8. The molecule has 2 aliphatic rings. The van der Waals surface area contributed by atoms with Crippen LogP contribution in [0.4, 0.5) is 0 Å². The van der Waals surface area contributed by atoms with Crippen LogP contribution in [0.2, 0.25) is 0 Å². The lowest BCUT2D eigenvalue weighted by Crippen LogP contribution is -2.57. The third kappa shape index (κ3) is 4.69. The first-order chi connectivity index (χ1) is 16.1. The lowest BCUT2D eigenvalue weighted by molar-refractivity contribution is -0.166. The fraction of sp³-hybridized carbons (Fsp3) is 0.478. The summed E-state index contributed by atoms with van der Waals surface area (Å²) in [6.07, 6.45) is 0.242. The molecular weight excluding hydrogens is 444 g/mol. The molecule has 5 amide bonds. The minimum atomic E-state index is -1.19. The average Bonchev–Trinajstić information content (AvgIpc) is 3.06. The molecule has 0 saturated carbocycles. The van der Waals surface area contributed by atoms with Crippen LogP contribution in [-0.4, -0.2) is 70.2 Å². The monoisotopic (exact) mass is 472 g/mol. The number of carbonyl (C=O) groups excluding carboxylic acids is 6. The fourth-order valence-electron chi connectivity index (χ4n) is 3.85. The Hall–Kier alpha value is -3.60. The number of benzene rings is 1. The molecule has 11 nitrogen and oxygen atoms in total. The number of hydrogen-bond donors (Lipinski definition) is 2. The molecule has 2 aliphatic heterocycles. The van der Waals surface area contributed by atoms with Gasteiger partial charge in [-0.25, -0.2) is 9.69 Å². The third-order valence-corrected chi connectivity index (χ3v) is 5.95. The Kier molecular flexibility index (Phi) is 7.45. The van der Waals surface area contributed by atoms with Gasteiger partial charge in [0.15, 0.2) is 6.73 Å². The van der Waals surface area contributed by atoms with E-state index in [-0.39, 0.29) is 29.9 Å². The second-order valence-electron chi connectivity index (χ2n) is 8.58. The molecule has 1 saturated heterocycles. The van der Waals surface area contributed by atoms with Crippen molar-refractivity contribution < 1.29 is 33.5 Å². The minimum absolute atomic E-state index is 0.0207. The summed E-state index contributed by atoms with van der Waals surface area (Å²) in [5.74, 6) is -4.33. The maximum absolute atomic E-state index is 13.1. The van der Waals surface area contributed by atoms with E-state index in [1.54, 1.807) is 32.9 Å². The van der Waals surface area contributed by atoms with Gasteiger partial charge in [-0.1, -0.05) is 32.9 Å². The highest BCUT2D eigenvalue weighted by Gasteiger charge is 2.47. The van der Waals surface area contributed by atoms with E-state index < -0.39 is 60.4 Å². The zero-order valence-electron chi connectivity index (χ0n) is 19.3. The summed E-state index contributed by atoms with van der Waals surface area (Å²) >= 11 is 0. The molecule has 2 heterocycles. The summed E-state index contributed by atoms with van der Waals surface area (Å²) in [5.41, 5.74) is 6.08. The Morgan fingerprint density at radius 1 is 1.12 bits per heavy atom. The smallest absolute Gasteiger partial charge is 0.330 e. The van der Waals surface area contributed by atoms with Crippen LogP contribution < -0.4 is 11.1 Å². The molecular formula is C23H28N4O7. The SMILES string of the molecule is CCC(N)C(=O)N[C@H](C(=O)OCN1C(=O)CC[C@H](N2C(=O)c3ccccc3C2=O)C1=O)C(C)C. The first-order valence-electron chi connectivity index (χ1n) is 11.1. The highest BCUT2D eigenvalue weighted by Crippen LogP contribution is 2.29. The van der Waals surface area contributed by atoms with Crippen LogP contribution >= 0.6 is 0 Å². The molecule has 0 aromatic heterocycles. The summed E-state index contributed by atoms with van der Waals surface area (Å²) in [5, 5.41) is 2.53. The largest absolute Gasteiger partial charge is 0.442 e. The second kappa shape index (κ2) is 10.1. The first kappa shape index (κ1) is 25.0. The van der Waals surface area contributed by atoms with Gasteiger partial charge < -0.3 is 15.8 Å². The number of amides is 5. The van der Waals surface area contributed by atoms with E-state index in [1.807, 2.05) is 0 Å². The number of ether oxygens (including phenoxy) is 1. The molecule has 0 radical (unpaired) electrons. The second-order valence-corrected chi connectivity index (χ2v) is 8.58. The van der Waals surface area contributed by atoms with E-state index in [0.29, 0.717) is 11.3 Å². The average molecular weight is 472 g/mol. The maximum atomic E-state index is 13.1. The van der Waals surface area contributed by atoms with E-state index in [9.17, 15) is 28.8 Å². The van der Waals surface area contributed by atoms with E-state index in [2.05, 4.69) is 5.32 Å². The third-order valence-electron chi connectivity index (χ3n) is 5.95. The molecule has 11 heteroatoms. The van der Waals surface area contributed by atoms with Crippen molar-refractivity contribution >= 4 is 35.5 Å². The van der Waals surface area contributed by atoms with Crippen molar-refractivity contribution in [3.63, 3.8) is 0 Å². The van der Waals surface area contributed by atoms with Crippen LogP contribution in [0.25, 0.3) is 0 Å². The molecule has 3 rings (SSSR count). The van der Waals surface area contributed by atoms with E-state index >= 15 is 0 Å². The molecule has 34 heavy (non-hydrogen) atoms. The lowest BCUT2D eigenvalue weighted by Gasteiger charge is -2.34. The van der Waals surface area contributed by atoms with Crippen molar-refractivity contribution in [2.24, 2.45) is 11.7 Å². The van der Waals surface area contributed by atoms with E-state index in [0.717, 1.165) is 4.90 Å². The number of imide groups is 2. The number of piperidine rings is 1. The van der Waals surface area contributed by atoms with Gasteiger partial charge in [0.2, 0.25) is 11.8 Å². The van der Waals surface area contributed by atoms with Crippen molar-refractivity contribution in [2.75, 3.05) is 6.73 Å². The van der Waals surface area contributed by atoms with Gasteiger partial charge in [0.05, 0.1) is 17.2 Å². The Bertz CT molecular complexity index is 1000. The van der Waals surface area contributed by atoms with Gasteiger partial charge in [-0.05, 0) is 30.9 Å². The van der Waals surface area contributed by atoms with Crippen LogP contribution in [0.5, 0.6) is 0 Å². The van der Waals surface area contributed by atoms with Gasteiger partial charge in [0.25, 0.3) is 17.7 Å².